The number of carboxylic acid groups (broad SMARTS) is 1. The molecular formula is C24H30ClN3O5S. The fraction of sp³-hybridized carbons (Fsp3) is 0.542. The normalized spacial score (nSPS) is 26.5. The van der Waals surface area contributed by atoms with E-state index in [9.17, 15) is 19.5 Å². The predicted octanol–water partition coefficient (Wildman–Crippen LogP) is 2.80. The fourth-order valence-corrected chi connectivity index (χ4v) is 5.82. The highest BCUT2D eigenvalue weighted by molar-refractivity contribution is 7.18. The van der Waals surface area contributed by atoms with Gasteiger partial charge in [-0.1, -0.05) is 23.8 Å². The number of halogens is 1. The molecular weight excluding hydrogens is 478 g/mol. The van der Waals surface area contributed by atoms with E-state index in [0.29, 0.717) is 47.6 Å². The predicted molar refractivity (Wildman–Crippen MR) is 130 cm³/mol. The van der Waals surface area contributed by atoms with Crippen LogP contribution in [0.5, 0.6) is 0 Å². The fourth-order valence-electron chi connectivity index (χ4n) is 4.86. The Labute approximate surface area is 208 Å². The number of carbonyl (C=O) groups is 3. The van der Waals surface area contributed by atoms with Crippen molar-refractivity contribution >= 4 is 40.6 Å². The molecule has 2 N–H and O–H groups in total. The van der Waals surface area contributed by atoms with Crippen LogP contribution < -0.4 is 5.32 Å². The van der Waals surface area contributed by atoms with Gasteiger partial charge in [-0.3, -0.25) is 24.2 Å². The number of hydrogen-bond donors (Lipinski definition) is 2. The maximum Gasteiger partial charge on any atom is 0.320 e. The number of likely N-dealkylation sites (tertiary alicyclic amines) is 1. The number of carbonyl (C=O) groups excluding carboxylic acids is 2. The first-order valence-corrected chi connectivity index (χ1v) is 12.6. The molecule has 10 heteroatoms. The van der Waals surface area contributed by atoms with E-state index in [1.54, 1.807) is 12.1 Å². The molecule has 0 radical (unpaired) electrons. The summed E-state index contributed by atoms with van der Waals surface area (Å²) in [5.74, 6) is -1.32. The van der Waals surface area contributed by atoms with Gasteiger partial charge >= 0.3 is 5.97 Å². The summed E-state index contributed by atoms with van der Waals surface area (Å²) in [6, 6.07) is 2.22. The average molecular weight is 508 g/mol. The lowest BCUT2D eigenvalue weighted by Crippen LogP contribution is -2.48. The van der Waals surface area contributed by atoms with Crippen molar-refractivity contribution in [1.82, 2.24) is 15.1 Å². The van der Waals surface area contributed by atoms with Crippen LogP contribution in [0.3, 0.4) is 0 Å². The third kappa shape index (κ3) is 5.28. The van der Waals surface area contributed by atoms with Crippen molar-refractivity contribution in [1.29, 1.82) is 0 Å². The van der Waals surface area contributed by atoms with Crippen LogP contribution in [-0.2, 0) is 14.3 Å². The Morgan fingerprint density at radius 1 is 1.32 bits per heavy atom. The molecule has 0 bridgehead atoms. The molecule has 1 amide bonds. The second-order valence-electron chi connectivity index (χ2n) is 9.90. The number of ketones is 1. The molecule has 3 aliphatic rings. The van der Waals surface area contributed by atoms with Gasteiger partial charge in [-0.05, 0) is 44.9 Å². The summed E-state index contributed by atoms with van der Waals surface area (Å²) in [4.78, 5) is 42.5. The molecule has 1 aliphatic carbocycles. The van der Waals surface area contributed by atoms with Crippen molar-refractivity contribution in [3.05, 3.63) is 44.6 Å². The molecule has 1 aromatic rings. The minimum absolute atomic E-state index is 0.0180. The Kier molecular flexibility index (Phi) is 7.30. The third-order valence-corrected chi connectivity index (χ3v) is 7.81. The van der Waals surface area contributed by atoms with Gasteiger partial charge in [0.05, 0.1) is 28.6 Å². The number of amides is 1. The topological polar surface area (TPSA) is 99.2 Å². The van der Waals surface area contributed by atoms with Gasteiger partial charge in [0, 0.05) is 36.7 Å². The Morgan fingerprint density at radius 3 is 2.65 bits per heavy atom. The maximum atomic E-state index is 13.6. The van der Waals surface area contributed by atoms with Gasteiger partial charge in [-0.15, -0.1) is 11.3 Å². The maximum absolute atomic E-state index is 13.6. The largest absolute Gasteiger partial charge is 0.480 e. The zero-order chi connectivity index (χ0) is 24.6. The van der Waals surface area contributed by atoms with E-state index in [0.717, 1.165) is 5.57 Å². The second kappa shape index (κ2) is 9.91. The second-order valence-corrected chi connectivity index (χ2v) is 11.6. The molecule has 2 unspecified atom stereocenters. The highest BCUT2D eigenvalue weighted by Crippen LogP contribution is 2.37. The van der Waals surface area contributed by atoms with Crippen molar-refractivity contribution in [2.45, 2.75) is 44.8 Å². The van der Waals surface area contributed by atoms with E-state index in [2.05, 4.69) is 5.32 Å². The van der Waals surface area contributed by atoms with Crippen LogP contribution in [0.15, 0.2) is 35.4 Å². The number of Topliss-reactive ketones (excluding diaryl/α,β-unsaturated/α-hetero) is 1. The molecule has 4 rings (SSSR count). The van der Waals surface area contributed by atoms with Crippen molar-refractivity contribution in [2.24, 2.45) is 5.92 Å². The van der Waals surface area contributed by atoms with Gasteiger partial charge in [0.15, 0.2) is 5.78 Å². The average Bonchev–Trinajstić information content (AvgIpc) is 3.52. The van der Waals surface area contributed by atoms with Gasteiger partial charge in [0.1, 0.15) is 6.04 Å². The first-order valence-electron chi connectivity index (χ1n) is 11.4. The van der Waals surface area contributed by atoms with Crippen LogP contribution in [-0.4, -0.2) is 83.2 Å². The van der Waals surface area contributed by atoms with Crippen LogP contribution >= 0.6 is 22.9 Å². The highest BCUT2D eigenvalue weighted by Gasteiger charge is 2.45. The summed E-state index contributed by atoms with van der Waals surface area (Å²) in [5.41, 5.74) is 1.11. The zero-order valence-electron chi connectivity index (χ0n) is 19.5. The van der Waals surface area contributed by atoms with E-state index in [-0.39, 0.29) is 29.7 Å². The first kappa shape index (κ1) is 25.1. The molecule has 2 aliphatic heterocycles. The van der Waals surface area contributed by atoms with E-state index in [1.165, 1.54) is 11.3 Å². The lowest BCUT2D eigenvalue weighted by molar-refractivity contribution is -0.144. The molecule has 2 saturated heterocycles. The van der Waals surface area contributed by atoms with Crippen molar-refractivity contribution in [3.8, 4) is 0 Å². The minimum Gasteiger partial charge on any atom is -0.480 e. The quantitative estimate of drug-likeness (QED) is 0.610. The summed E-state index contributed by atoms with van der Waals surface area (Å²) in [6.45, 7) is 8.29. The smallest absolute Gasteiger partial charge is 0.320 e. The molecule has 34 heavy (non-hydrogen) atoms. The van der Waals surface area contributed by atoms with E-state index < -0.39 is 18.1 Å². The standard InChI is InChI=1S/C24H30ClN3O5S/c1-24(2,3)28-12-15(10-18(28)23(31)32)16-8-14(9-17(21(16)29)27-6-7-33-13-27)11-26-22(30)19-4-5-20(25)34-19/h4-5,8-9,15,17-18H,6-7,10-13H2,1-3H3,(H,26,30)(H,31,32)/t15?,17?,18-/m0/s1. The van der Waals surface area contributed by atoms with Gasteiger partial charge < -0.3 is 15.2 Å². The monoisotopic (exact) mass is 507 g/mol. The Hall–Kier alpha value is -2.04. The lowest BCUT2D eigenvalue weighted by atomic mass is 9.84. The van der Waals surface area contributed by atoms with Crippen molar-refractivity contribution < 1.29 is 24.2 Å². The number of rotatable bonds is 6. The van der Waals surface area contributed by atoms with Gasteiger partial charge in [0.25, 0.3) is 5.91 Å². The summed E-state index contributed by atoms with van der Waals surface area (Å²) in [5, 5.41) is 12.7. The van der Waals surface area contributed by atoms with Crippen LogP contribution in [0, 0.1) is 5.92 Å². The number of hydrogen-bond acceptors (Lipinski definition) is 7. The summed E-state index contributed by atoms with van der Waals surface area (Å²) >= 11 is 7.16. The van der Waals surface area contributed by atoms with Gasteiger partial charge in [-0.25, -0.2) is 0 Å². The Morgan fingerprint density at radius 2 is 2.09 bits per heavy atom. The molecule has 8 nitrogen and oxygen atoms in total. The van der Waals surface area contributed by atoms with Crippen LogP contribution in [0.4, 0.5) is 0 Å². The third-order valence-electron chi connectivity index (χ3n) is 6.58. The minimum atomic E-state index is -0.872. The summed E-state index contributed by atoms with van der Waals surface area (Å²) in [7, 11) is 0. The number of thiophene rings is 1. The van der Waals surface area contributed by atoms with Crippen molar-refractivity contribution in [3.63, 3.8) is 0 Å². The molecule has 1 aromatic heterocycles. The lowest BCUT2D eigenvalue weighted by Gasteiger charge is -2.35. The zero-order valence-corrected chi connectivity index (χ0v) is 21.1. The number of ether oxygens (including phenoxy) is 1. The van der Waals surface area contributed by atoms with Gasteiger partial charge in [0.2, 0.25) is 0 Å². The molecule has 3 atom stereocenters. The molecule has 0 aromatic carbocycles. The van der Waals surface area contributed by atoms with Crippen LogP contribution in [0.2, 0.25) is 4.34 Å². The SMILES string of the molecule is CC(C)(C)N1CC(C2=CC(CNC(=O)c3ccc(Cl)s3)=CC(N3CCOC3)C2=O)C[C@H]1C(=O)O. The molecule has 0 spiro atoms. The molecule has 184 valence electrons. The first-order chi connectivity index (χ1) is 16.0. The van der Waals surface area contributed by atoms with Gasteiger partial charge in [-0.2, -0.15) is 0 Å². The summed E-state index contributed by atoms with van der Waals surface area (Å²) < 4.78 is 6.02. The number of nitrogens with one attached hydrogen (secondary N) is 1. The van der Waals surface area contributed by atoms with E-state index >= 15 is 0 Å². The number of nitrogens with zero attached hydrogens (tertiary/aromatic N) is 2. The molecule has 2 fully saturated rings. The molecule has 3 heterocycles. The Balaban J connectivity index is 1.58. The van der Waals surface area contributed by atoms with E-state index in [4.69, 9.17) is 16.3 Å². The number of carboxylic acids is 1. The van der Waals surface area contributed by atoms with E-state index in [1.807, 2.05) is 42.7 Å². The molecule has 0 saturated carbocycles. The summed E-state index contributed by atoms with van der Waals surface area (Å²) in [6.07, 6.45) is 4.10. The Bertz CT molecular complexity index is 1040. The van der Waals surface area contributed by atoms with Crippen LogP contribution in [0.25, 0.3) is 0 Å². The van der Waals surface area contributed by atoms with Crippen molar-refractivity contribution in [2.75, 3.05) is 33.0 Å². The van der Waals surface area contributed by atoms with Crippen LogP contribution in [0.1, 0.15) is 36.9 Å². The number of aliphatic carboxylic acids is 1. The highest BCUT2D eigenvalue weighted by atomic mass is 35.5.